The van der Waals surface area contributed by atoms with Crippen molar-refractivity contribution in [2.45, 2.75) is 19.8 Å². The molecule has 0 N–H and O–H groups in total. The number of esters is 1. The summed E-state index contributed by atoms with van der Waals surface area (Å²) in [5.41, 5.74) is 2.51. The Morgan fingerprint density at radius 1 is 1.10 bits per heavy atom. The van der Waals surface area contributed by atoms with E-state index in [4.69, 9.17) is 4.74 Å². The Hall–Kier alpha value is -3.81. The summed E-state index contributed by atoms with van der Waals surface area (Å²) in [6.45, 7) is 3.77. The van der Waals surface area contributed by atoms with Crippen molar-refractivity contribution in [1.29, 1.82) is 0 Å². The Morgan fingerprint density at radius 2 is 1.81 bits per heavy atom. The fourth-order valence-corrected chi connectivity index (χ4v) is 3.64. The Balaban J connectivity index is 2.09. The molecule has 1 aromatic heterocycles. The topological polar surface area (TPSA) is 91.4 Å². The minimum atomic E-state index is -1.20. The van der Waals surface area contributed by atoms with Crippen LogP contribution in [0.3, 0.4) is 0 Å². The van der Waals surface area contributed by atoms with Crippen LogP contribution < -0.4 is 0 Å². The van der Waals surface area contributed by atoms with Crippen LogP contribution in [-0.4, -0.2) is 28.4 Å². The molecule has 2 aromatic carbocycles. The summed E-state index contributed by atoms with van der Waals surface area (Å²) in [6.07, 6.45) is 0. The van der Waals surface area contributed by atoms with E-state index in [2.05, 4.69) is 0 Å². The number of benzene rings is 2. The van der Waals surface area contributed by atoms with Crippen LogP contribution in [0.1, 0.15) is 44.4 Å². The summed E-state index contributed by atoms with van der Waals surface area (Å²) in [4.78, 5) is 35.9. The van der Waals surface area contributed by atoms with Crippen molar-refractivity contribution in [2.75, 3.05) is 7.11 Å². The standard InChI is InChI=1S/C23H21FN2O5/c1-13-5-7-16(14(2)11-13)22(27)20-10-9-19(25(20)3)21(23(28)31-4)17-8-6-15(26(29)30)12-18(17)24/h5-12,21H,1-4H3. The van der Waals surface area contributed by atoms with Gasteiger partial charge in [0.2, 0.25) is 5.78 Å². The maximum Gasteiger partial charge on any atom is 0.319 e. The van der Waals surface area contributed by atoms with Gasteiger partial charge in [0.15, 0.2) is 0 Å². The summed E-state index contributed by atoms with van der Waals surface area (Å²) in [5.74, 6) is -3.09. The van der Waals surface area contributed by atoms with Crippen molar-refractivity contribution in [2.24, 2.45) is 7.05 Å². The van der Waals surface area contributed by atoms with Crippen LogP contribution in [0, 0.1) is 29.8 Å². The number of ether oxygens (including phenoxy) is 1. The molecule has 160 valence electrons. The number of carbonyl (C=O) groups is 2. The molecule has 0 aliphatic carbocycles. The molecule has 0 amide bonds. The lowest BCUT2D eigenvalue weighted by molar-refractivity contribution is -0.385. The first-order valence-corrected chi connectivity index (χ1v) is 9.45. The van der Waals surface area contributed by atoms with Crippen molar-refractivity contribution >= 4 is 17.4 Å². The van der Waals surface area contributed by atoms with Crippen LogP contribution in [0.2, 0.25) is 0 Å². The van der Waals surface area contributed by atoms with Gasteiger partial charge in [-0.15, -0.1) is 0 Å². The van der Waals surface area contributed by atoms with Gasteiger partial charge in [-0.25, -0.2) is 4.39 Å². The van der Waals surface area contributed by atoms with E-state index in [-0.39, 0.29) is 11.3 Å². The number of nitro benzene ring substituents is 1. The molecule has 1 atom stereocenters. The zero-order chi connectivity index (χ0) is 22.9. The van der Waals surface area contributed by atoms with E-state index >= 15 is 0 Å². The molecule has 0 saturated carbocycles. The molecular weight excluding hydrogens is 403 g/mol. The molecule has 0 fully saturated rings. The molecule has 3 rings (SSSR count). The average Bonchev–Trinajstić information content (AvgIpc) is 3.09. The van der Waals surface area contributed by atoms with Crippen LogP contribution in [0.15, 0.2) is 48.5 Å². The summed E-state index contributed by atoms with van der Waals surface area (Å²) in [5, 5.41) is 10.9. The number of carbonyl (C=O) groups excluding carboxylic acids is 2. The number of hydrogen-bond donors (Lipinski definition) is 0. The normalized spacial score (nSPS) is 11.8. The van der Waals surface area contributed by atoms with Crippen LogP contribution in [0.25, 0.3) is 0 Å². The van der Waals surface area contributed by atoms with E-state index in [1.165, 1.54) is 17.7 Å². The fourth-order valence-electron chi connectivity index (χ4n) is 3.64. The number of hydrogen-bond acceptors (Lipinski definition) is 5. The highest BCUT2D eigenvalue weighted by atomic mass is 19.1. The highest BCUT2D eigenvalue weighted by Gasteiger charge is 2.31. The molecule has 7 nitrogen and oxygen atoms in total. The number of aromatic nitrogens is 1. The van der Waals surface area contributed by atoms with Crippen LogP contribution >= 0.6 is 0 Å². The van der Waals surface area contributed by atoms with E-state index in [9.17, 15) is 24.1 Å². The minimum Gasteiger partial charge on any atom is -0.468 e. The summed E-state index contributed by atoms with van der Waals surface area (Å²) in [6, 6.07) is 11.7. The van der Waals surface area contributed by atoms with Crippen LogP contribution in [0.5, 0.6) is 0 Å². The molecule has 8 heteroatoms. The van der Waals surface area contributed by atoms with Crippen LogP contribution in [0.4, 0.5) is 10.1 Å². The van der Waals surface area contributed by atoms with E-state index in [0.29, 0.717) is 17.0 Å². The number of ketones is 1. The van der Waals surface area contributed by atoms with Crippen molar-refractivity contribution in [3.05, 3.63) is 98.1 Å². The van der Waals surface area contributed by atoms with Gasteiger partial charge >= 0.3 is 5.97 Å². The molecule has 1 heterocycles. The summed E-state index contributed by atoms with van der Waals surface area (Å²) >= 11 is 0. The zero-order valence-corrected chi connectivity index (χ0v) is 17.5. The molecular formula is C23H21FN2O5. The molecule has 3 aromatic rings. The number of rotatable bonds is 6. The largest absolute Gasteiger partial charge is 0.468 e. The lowest BCUT2D eigenvalue weighted by Crippen LogP contribution is -2.21. The molecule has 31 heavy (non-hydrogen) atoms. The van der Waals surface area contributed by atoms with Gasteiger partial charge in [-0.2, -0.15) is 0 Å². The van der Waals surface area contributed by atoms with Gasteiger partial charge < -0.3 is 9.30 Å². The molecule has 0 aliphatic rings. The Morgan fingerprint density at radius 3 is 2.39 bits per heavy atom. The predicted octanol–water partition coefficient (Wildman–Crippen LogP) is 4.23. The summed E-state index contributed by atoms with van der Waals surface area (Å²) in [7, 11) is 2.77. The highest BCUT2D eigenvalue weighted by Crippen LogP contribution is 2.31. The average molecular weight is 424 g/mol. The second-order valence-electron chi connectivity index (χ2n) is 7.27. The van der Waals surface area contributed by atoms with E-state index in [1.807, 2.05) is 26.0 Å². The minimum absolute atomic E-state index is 0.0795. The molecule has 0 spiro atoms. The first kappa shape index (κ1) is 21.9. The summed E-state index contributed by atoms with van der Waals surface area (Å²) < 4.78 is 21.1. The zero-order valence-electron chi connectivity index (χ0n) is 17.5. The molecule has 0 bridgehead atoms. The quantitative estimate of drug-likeness (QED) is 0.256. The maximum absolute atomic E-state index is 14.7. The third-order valence-corrected chi connectivity index (χ3v) is 5.26. The third-order valence-electron chi connectivity index (χ3n) is 5.26. The highest BCUT2D eigenvalue weighted by molar-refractivity contribution is 6.09. The second-order valence-corrected chi connectivity index (χ2v) is 7.27. The van der Waals surface area contributed by atoms with E-state index in [0.717, 1.165) is 23.3 Å². The maximum atomic E-state index is 14.7. The SMILES string of the molecule is COC(=O)C(c1ccc([N+](=O)[O-])cc1F)c1ccc(C(=O)c2ccc(C)cc2C)n1C. The van der Waals surface area contributed by atoms with Crippen molar-refractivity contribution in [3.63, 3.8) is 0 Å². The fraction of sp³-hybridized carbons (Fsp3) is 0.217. The van der Waals surface area contributed by atoms with Gasteiger partial charge in [-0.3, -0.25) is 19.7 Å². The smallest absolute Gasteiger partial charge is 0.319 e. The molecule has 0 aliphatic heterocycles. The first-order chi connectivity index (χ1) is 14.6. The number of non-ortho nitro benzene ring substituents is 1. The number of methoxy groups -OCH3 is 1. The van der Waals surface area contributed by atoms with Gasteiger partial charge in [-0.05, 0) is 37.6 Å². The molecule has 1 unspecified atom stereocenters. The van der Waals surface area contributed by atoms with E-state index in [1.54, 1.807) is 25.2 Å². The Kier molecular flexibility index (Phi) is 6.01. The van der Waals surface area contributed by atoms with Gasteiger partial charge in [0.1, 0.15) is 11.7 Å². The second kappa shape index (κ2) is 8.51. The van der Waals surface area contributed by atoms with Crippen molar-refractivity contribution in [3.8, 4) is 0 Å². The number of nitro groups is 1. The lowest BCUT2D eigenvalue weighted by Gasteiger charge is -2.18. The number of halogens is 1. The first-order valence-electron chi connectivity index (χ1n) is 9.45. The lowest BCUT2D eigenvalue weighted by atomic mass is 9.95. The predicted molar refractivity (Wildman–Crippen MR) is 112 cm³/mol. The molecule has 0 saturated heterocycles. The van der Waals surface area contributed by atoms with Gasteiger partial charge in [0.25, 0.3) is 5.69 Å². The van der Waals surface area contributed by atoms with Gasteiger partial charge in [0, 0.05) is 29.9 Å². The molecule has 0 radical (unpaired) electrons. The Bertz CT molecular complexity index is 1200. The van der Waals surface area contributed by atoms with Gasteiger partial charge in [-0.1, -0.05) is 23.8 Å². The van der Waals surface area contributed by atoms with Crippen LogP contribution in [-0.2, 0) is 16.6 Å². The Labute approximate surface area is 178 Å². The van der Waals surface area contributed by atoms with Crippen molar-refractivity contribution < 1.29 is 23.6 Å². The number of aryl methyl sites for hydroxylation is 2. The van der Waals surface area contributed by atoms with E-state index < -0.39 is 28.3 Å². The number of nitrogens with zero attached hydrogens (tertiary/aromatic N) is 2. The van der Waals surface area contributed by atoms with Gasteiger partial charge in [0.05, 0.1) is 23.8 Å². The van der Waals surface area contributed by atoms with Crippen molar-refractivity contribution in [1.82, 2.24) is 4.57 Å². The third kappa shape index (κ3) is 4.09. The monoisotopic (exact) mass is 424 g/mol.